The molecule has 0 atom stereocenters. The van der Waals surface area contributed by atoms with E-state index in [2.05, 4.69) is 11.0 Å². The number of nitrogens with zero attached hydrogens (tertiary/aromatic N) is 2. The Morgan fingerprint density at radius 2 is 1.75 bits per heavy atom. The third-order valence-electron chi connectivity index (χ3n) is 4.69. The Morgan fingerprint density at radius 1 is 1.00 bits per heavy atom. The minimum absolute atomic E-state index is 0.318. The van der Waals surface area contributed by atoms with Gasteiger partial charge in [0.15, 0.2) is 0 Å². The second kappa shape index (κ2) is 5.76. The summed E-state index contributed by atoms with van der Waals surface area (Å²) in [6.45, 7) is 4.98. The van der Waals surface area contributed by atoms with Crippen LogP contribution in [0.1, 0.15) is 17.7 Å². The van der Waals surface area contributed by atoms with Crippen molar-refractivity contribution in [2.45, 2.75) is 24.8 Å². The van der Waals surface area contributed by atoms with E-state index in [0.29, 0.717) is 4.90 Å². The van der Waals surface area contributed by atoms with Crippen LogP contribution in [-0.4, -0.2) is 30.4 Å². The van der Waals surface area contributed by atoms with Gasteiger partial charge >= 0.3 is 0 Å². The third-order valence-corrected chi connectivity index (χ3v) is 6.52. The molecule has 0 bridgehead atoms. The van der Waals surface area contributed by atoms with Gasteiger partial charge in [0, 0.05) is 17.6 Å². The fourth-order valence-electron chi connectivity index (χ4n) is 3.34. The highest BCUT2D eigenvalue weighted by atomic mass is 32.2. The Bertz CT molecular complexity index is 987. The van der Waals surface area contributed by atoms with Crippen LogP contribution in [0.25, 0.3) is 10.9 Å². The number of rotatable bonds is 4. The van der Waals surface area contributed by atoms with E-state index in [0.717, 1.165) is 36.2 Å². The number of likely N-dealkylation sites (tertiary alicyclic amines) is 1. The molecule has 0 spiro atoms. The van der Waals surface area contributed by atoms with Gasteiger partial charge in [-0.3, -0.25) is 4.90 Å². The minimum atomic E-state index is -3.59. The number of hydrogen-bond donors (Lipinski definition) is 0. The van der Waals surface area contributed by atoms with Crippen LogP contribution >= 0.6 is 0 Å². The predicted molar refractivity (Wildman–Crippen MR) is 95.6 cm³/mol. The highest BCUT2D eigenvalue weighted by Gasteiger charge is 2.23. The van der Waals surface area contributed by atoms with Crippen LogP contribution < -0.4 is 0 Å². The molecule has 0 amide bonds. The second-order valence-corrected chi connectivity index (χ2v) is 8.13. The lowest BCUT2D eigenvalue weighted by Gasteiger charge is -2.30. The molecule has 4 nitrogen and oxygen atoms in total. The summed E-state index contributed by atoms with van der Waals surface area (Å²) < 4.78 is 27.6. The van der Waals surface area contributed by atoms with E-state index in [1.165, 1.54) is 16.0 Å². The Kier molecular flexibility index (Phi) is 3.70. The van der Waals surface area contributed by atoms with Gasteiger partial charge in [-0.25, -0.2) is 12.4 Å². The highest BCUT2D eigenvalue weighted by molar-refractivity contribution is 7.90. The molecule has 0 N–H and O–H groups in total. The Balaban J connectivity index is 1.87. The molecule has 0 unspecified atom stereocenters. The van der Waals surface area contributed by atoms with Crippen LogP contribution in [0.15, 0.2) is 59.5 Å². The van der Waals surface area contributed by atoms with Gasteiger partial charge in [0.1, 0.15) is 0 Å². The molecule has 2 heterocycles. The topological polar surface area (TPSA) is 42.3 Å². The zero-order chi connectivity index (χ0) is 16.7. The lowest BCUT2D eigenvalue weighted by Crippen LogP contribution is -2.36. The van der Waals surface area contributed by atoms with Crippen molar-refractivity contribution in [3.63, 3.8) is 0 Å². The van der Waals surface area contributed by atoms with Crippen LogP contribution in [0.4, 0.5) is 0 Å². The van der Waals surface area contributed by atoms with Crippen molar-refractivity contribution in [2.24, 2.45) is 0 Å². The first-order valence-corrected chi connectivity index (χ1v) is 9.64. The minimum Gasteiger partial charge on any atom is -0.299 e. The van der Waals surface area contributed by atoms with Crippen molar-refractivity contribution < 1.29 is 8.42 Å². The molecular weight excluding hydrogens is 320 g/mol. The van der Waals surface area contributed by atoms with Crippen LogP contribution in [0, 0.1) is 6.92 Å². The largest absolute Gasteiger partial charge is 0.299 e. The summed E-state index contributed by atoms with van der Waals surface area (Å²) in [5, 5.41) is 1.03. The fourth-order valence-corrected chi connectivity index (χ4v) is 4.90. The zero-order valence-corrected chi connectivity index (χ0v) is 14.5. The summed E-state index contributed by atoms with van der Waals surface area (Å²) in [5.74, 6) is 0. The first-order chi connectivity index (χ1) is 11.6. The molecule has 4 rings (SSSR count). The van der Waals surface area contributed by atoms with Gasteiger partial charge in [0.25, 0.3) is 10.0 Å². The molecule has 24 heavy (non-hydrogen) atoms. The summed E-state index contributed by atoms with van der Waals surface area (Å²) in [4.78, 5) is 2.70. The molecule has 5 heteroatoms. The molecular formula is C19H20N2O2S. The SMILES string of the molecule is Cc1cc2c(CN3CCC3)cccc2n1S(=O)(=O)c1ccccc1. The summed E-state index contributed by atoms with van der Waals surface area (Å²) >= 11 is 0. The number of benzene rings is 2. The van der Waals surface area contributed by atoms with E-state index in [4.69, 9.17) is 0 Å². The van der Waals surface area contributed by atoms with Crippen LogP contribution in [0.3, 0.4) is 0 Å². The molecule has 0 radical (unpaired) electrons. The van der Waals surface area contributed by atoms with Gasteiger partial charge in [-0.05, 0) is 56.3 Å². The Hall–Kier alpha value is -2.11. The van der Waals surface area contributed by atoms with Gasteiger partial charge < -0.3 is 0 Å². The van der Waals surface area contributed by atoms with Gasteiger partial charge in [-0.15, -0.1) is 0 Å². The maximum absolute atomic E-state index is 13.1. The quantitative estimate of drug-likeness (QED) is 0.731. The van der Waals surface area contributed by atoms with E-state index in [-0.39, 0.29) is 0 Å². The van der Waals surface area contributed by atoms with E-state index >= 15 is 0 Å². The summed E-state index contributed by atoms with van der Waals surface area (Å²) in [6.07, 6.45) is 1.25. The predicted octanol–water partition coefficient (Wildman–Crippen LogP) is 3.39. The number of aromatic nitrogens is 1. The normalized spacial score (nSPS) is 15.5. The second-order valence-electron chi connectivity index (χ2n) is 6.35. The Morgan fingerprint density at radius 3 is 2.42 bits per heavy atom. The van der Waals surface area contributed by atoms with Crippen molar-refractivity contribution in [3.05, 3.63) is 65.9 Å². The molecule has 1 saturated heterocycles. The summed E-state index contributed by atoms with van der Waals surface area (Å²) in [6, 6.07) is 16.5. The summed E-state index contributed by atoms with van der Waals surface area (Å²) in [5.41, 5.74) is 2.69. The average molecular weight is 340 g/mol. The van der Waals surface area contributed by atoms with Gasteiger partial charge in [0.05, 0.1) is 10.4 Å². The van der Waals surface area contributed by atoms with Crippen LogP contribution in [0.2, 0.25) is 0 Å². The molecule has 1 aromatic heterocycles. The monoisotopic (exact) mass is 340 g/mol. The van der Waals surface area contributed by atoms with Crippen LogP contribution in [-0.2, 0) is 16.6 Å². The van der Waals surface area contributed by atoms with Gasteiger partial charge in [-0.2, -0.15) is 0 Å². The number of aryl methyl sites for hydroxylation is 1. The zero-order valence-electron chi connectivity index (χ0n) is 13.6. The van der Waals surface area contributed by atoms with Crippen molar-refractivity contribution in [3.8, 4) is 0 Å². The third kappa shape index (κ3) is 2.44. The standard InChI is InChI=1S/C19H20N2O2S/c1-15-13-18-16(14-20-11-6-12-20)7-5-10-19(18)21(15)24(22,23)17-8-3-2-4-9-17/h2-5,7-10,13H,6,11-12,14H2,1H3. The highest BCUT2D eigenvalue weighted by Crippen LogP contribution is 2.29. The molecule has 1 fully saturated rings. The fraction of sp³-hybridized carbons (Fsp3) is 0.263. The van der Waals surface area contributed by atoms with Gasteiger partial charge in [0.2, 0.25) is 0 Å². The number of fused-ring (bicyclic) bond motifs is 1. The molecule has 1 aliphatic rings. The van der Waals surface area contributed by atoms with E-state index < -0.39 is 10.0 Å². The maximum Gasteiger partial charge on any atom is 0.268 e. The van der Waals surface area contributed by atoms with Crippen molar-refractivity contribution >= 4 is 20.9 Å². The van der Waals surface area contributed by atoms with E-state index in [1.807, 2.05) is 31.2 Å². The Labute approximate surface area is 142 Å². The van der Waals surface area contributed by atoms with Gasteiger partial charge in [-0.1, -0.05) is 30.3 Å². The first-order valence-electron chi connectivity index (χ1n) is 8.20. The maximum atomic E-state index is 13.1. The molecule has 3 aromatic rings. The van der Waals surface area contributed by atoms with Crippen molar-refractivity contribution in [1.29, 1.82) is 0 Å². The van der Waals surface area contributed by atoms with E-state index in [1.54, 1.807) is 24.3 Å². The molecule has 2 aromatic carbocycles. The average Bonchev–Trinajstić information content (AvgIpc) is 2.89. The first kappa shape index (κ1) is 15.4. The number of hydrogen-bond acceptors (Lipinski definition) is 3. The van der Waals surface area contributed by atoms with E-state index in [9.17, 15) is 8.42 Å². The van der Waals surface area contributed by atoms with Crippen molar-refractivity contribution in [1.82, 2.24) is 8.87 Å². The lowest BCUT2D eigenvalue weighted by molar-refractivity contribution is 0.173. The molecule has 0 saturated carbocycles. The summed E-state index contributed by atoms with van der Waals surface area (Å²) in [7, 11) is -3.59. The molecule has 1 aliphatic heterocycles. The molecule has 0 aliphatic carbocycles. The van der Waals surface area contributed by atoms with Crippen molar-refractivity contribution in [2.75, 3.05) is 13.1 Å². The lowest BCUT2D eigenvalue weighted by atomic mass is 10.1. The molecule has 124 valence electrons. The van der Waals surface area contributed by atoms with Crippen LogP contribution in [0.5, 0.6) is 0 Å². The smallest absolute Gasteiger partial charge is 0.268 e.